The van der Waals surface area contributed by atoms with Crippen LogP contribution in [0.25, 0.3) is 0 Å². The van der Waals surface area contributed by atoms with E-state index in [4.69, 9.17) is 13.9 Å². The van der Waals surface area contributed by atoms with E-state index in [0.29, 0.717) is 32.0 Å². The van der Waals surface area contributed by atoms with Crippen LogP contribution in [0, 0.1) is 11.8 Å². The summed E-state index contributed by atoms with van der Waals surface area (Å²) in [5.74, 6) is 0.452. The zero-order valence-electron chi connectivity index (χ0n) is 13.2. The second-order valence-corrected chi connectivity index (χ2v) is 6.00. The molecule has 2 amide bonds. The molecule has 2 fully saturated rings. The van der Waals surface area contributed by atoms with E-state index in [-0.39, 0.29) is 36.4 Å². The van der Waals surface area contributed by atoms with Gasteiger partial charge in [-0.05, 0) is 18.6 Å². The molecule has 2 aliphatic rings. The maximum atomic E-state index is 12.6. The van der Waals surface area contributed by atoms with Crippen molar-refractivity contribution in [2.45, 2.75) is 19.1 Å². The van der Waals surface area contributed by atoms with E-state index in [1.165, 1.54) is 7.11 Å². The van der Waals surface area contributed by atoms with Crippen molar-refractivity contribution in [3.8, 4) is 0 Å². The van der Waals surface area contributed by atoms with Crippen LogP contribution in [0.5, 0.6) is 0 Å². The number of carbonyl (C=O) groups is 2. The number of carbonyl (C=O) groups excluding carboxylic acids is 2. The van der Waals surface area contributed by atoms with Gasteiger partial charge in [0.2, 0.25) is 11.8 Å². The summed E-state index contributed by atoms with van der Waals surface area (Å²) in [6.45, 7) is 1.97. The highest BCUT2D eigenvalue weighted by Crippen LogP contribution is 2.34. The zero-order valence-corrected chi connectivity index (χ0v) is 13.2. The molecular formula is C16H22N2O5. The quantitative estimate of drug-likeness (QED) is 0.849. The first-order chi connectivity index (χ1) is 11.2. The van der Waals surface area contributed by atoms with Crippen molar-refractivity contribution in [3.63, 3.8) is 0 Å². The van der Waals surface area contributed by atoms with Gasteiger partial charge in [0, 0.05) is 32.7 Å². The van der Waals surface area contributed by atoms with E-state index in [1.54, 1.807) is 17.2 Å². The van der Waals surface area contributed by atoms with Crippen molar-refractivity contribution >= 4 is 11.8 Å². The van der Waals surface area contributed by atoms with E-state index in [2.05, 4.69) is 5.32 Å². The Kier molecular flexibility index (Phi) is 4.97. The van der Waals surface area contributed by atoms with Crippen molar-refractivity contribution < 1.29 is 23.5 Å². The number of nitrogens with zero attached hydrogens (tertiary/aromatic N) is 1. The van der Waals surface area contributed by atoms with Gasteiger partial charge >= 0.3 is 0 Å². The number of hydrogen-bond acceptors (Lipinski definition) is 5. The van der Waals surface area contributed by atoms with Crippen LogP contribution < -0.4 is 5.32 Å². The Bertz CT molecular complexity index is 545. The Balaban J connectivity index is 1.64. The first-order valence-corrected chi connectivity index (χ1v) is 7.87. The summed E-state index contributed by atoms with van der Waals surface area (Å²) in [5.41, 5.74) is 0. The van der Waals surface area contributed by atoms with E-state index < -0.39 is 0 Å². The van der Waals surface area contributed by atoms with Crippen molar-refractivity contribution in [2.24, 2.45) is 11.8 Å². The summed E-state index contributed by atoms with van der Waals surface area (Å²) in [7, 11) is 1.49. The minimum atomic E-state index is -0.257. The molecule has 7 nitrogen and oxygen atoms in total. The topological polar surface area (TPSA) is 81.0 Å². The molecule has 1 N–H and O–H groups in total. The number of rotatable bonds is 5. The number of ether oxygens (including phenoxy) is 2. The van der Waals surface area contributed by atoms with Crippen LogP contribution in [0.3, 0.4) is 0 Å². The molecule has 0 aromatic carbocycles. The number of nitrogens with one attached hydrogen (secondary N) is 1. The number of piperidine rings is 1. The largest absolute Gasteiger partial charge is 0.467 e. The van der Waals surface area contributed by atoms with Crippen LogP contribution in [0.2, 0.25) is 0 Å². The smallest absolute Gasteiger partial charge is 0.248 e. The van der Waals surface area contributed by atoms with Gasteiger partial charge < -0.3 is 24.1 Å². The van der Waals surface area contributed by atoms with Gasteiger partial charge in [-0.3, -0.25) is 9.59 Å². The Morgan fingerprint density at radius 3 is 3.04 bits per heavy atom. The molecule has 126 valence electrons. The molecule has 3 rings (SSSR count). The molecule has 0 spiro atoms. The lowest BCUT2D eigenvalue weighted by Crippen LogP contribution is -2.54. The average molecular weight is 322 g/mol. The van der Waals surface area contributed by atoms with E-state index in [9.17, 15) is 9.59 Å². The first kappa shape index (κ1) is 16.0. The van der Waals surface area contributed by atoms with Gasteiger partial charge in [-0.25, -0.2) is 0 Å². The summed E-state index contributed by atoms with van der Waals surface area (Å²) < 4.78 is 15.9. The molecule has 23 heavy (non-hydrogen) atoms. The van der Waals surface area contributed by atoms with Gasteiger partial charge in [0.1, 0.15) is 12.4 Å². The van der Waals surface area contributed by atoms with Crippen LogP contribution >= 0.6 is 0 Å². The molecule has 2 aliphatic heterocycles. The minimum Gasteiger partial charge on any atom is -0.467 e. The fourth-order valence-corrected chi connectivity index (χ4v) is 3.39. The van der Waals surface area contributed by atoms with E-state index in [1.807, 2.05) is 6.07 Å². The molecule has 2 saturated heterocycles. The monoisotopic (exact) mass is 322 g/mol. The Morgan fingerprint density at radius 1 is 1.43 bits per heavy atom. The van der Waals surface area contributed by atoms with Crippen LogP contribution in [-0.2, 0) is 25.6 Å². The maximum Gasteiger partial charge on any atom is 0.248 e. The van der Waals surface area contributed by atoms with Gasteiger partial charge in [0.25, 0.3) is 0 Å². The van der Waals surface area contributed by atoms with Gasteiger partial charge in [0.15, 0.2) is 0 Å². The minimum absolute atomic E-state index is 0.0259. The van der Waals surface area contributed by atoms with E-state index >= 15 is 0 Å². The number of amides is 2. The molecule has 3 atom stereocenters. The molecule has 7 heteroatoms. The summed E-state index contributed by atoms with van der Waals surface area (Å²) in [6, 6.07) is 3.60. The van der Waals surface area contributed by atoms with Crippen LogP contribution in [0.1, 0.15) is 12.2 Å². The number of hydrogen-bond donors (Lipinski definition) is 1. The maximum absolute atomic E-state index is 12.6. The fraction of sp³-hybridized carbons (Fsp3) is 0.625. The van der Waals surface area contributed by atoms with Gasteiger partial charge in [0.05, 0.1) is 24.8 Å². The van der Waals surface area contributed by atoms with Crippen LogP contribution in [0.15, 0.2) is 22.8 Å². The standard InChI is InChI=1S/C16H22N2O5/c1-21-10-15(19)18-8-13(12-4-6-23-14(12)9-18)16(20)17-7-11-3-2-5-22-11/h2-3,5,12-14H,4,6-10H2,1H3,(H,17,20)/t12-,13+,14+/m0/s1. The fourth-order valence-electron chi connectivity index (χ4n) is 3.39. The third-order valence-corrected chi connectivity index (χ3v) is 4.57. The number of furan rings is 1. The van der Waals surface area contributed by atoms with Crippen molar-refractivity contribution in [2.75, 3.05) is 33.4 Å². The lowest BCUT2D eigenvalue weighted by Gasteiger charge is -2.39. The number of likely N-dealkylation sites (tertiary alicyclic amines) is 1. The highest BCUT2D eigenvalue weighted by molar-refractivity contribution is 5.82. The number of fused-ring (bicyclic) bond motifs is 1. The summed E-state index contributed by atoms with van der Waals surface area (Å²) in [4.78, 5) is 26.4. The first-order valence-electron chi connectivity index (χ1n) is 7.87. The Hall–Kier alpha value is -1.86. The van der Waals surface area contributed by atoms with Crippen molar-refractivity contribution in [3.05, 3.63) is 24.2 Å². The highest BCUT2D eigenvalue weighted by Gasteiger charge is 2.44. The molecule has 3 heterocycles. The third-order valence-electron chi connectivity index (χ3n) is 4.57. The molecule has 0 saturated carbocycles. The Morgan fingerprint density at radius 2 is 2.30 bits per heavy atom. The van der Waals surface area contributed by atoms with Gasteiger partial charge in [-0.2, -0.15) is 0 Å². The number of methoxy groups -OCH3 is 1. The normalized spacial score (nSPS) is 26.8. The van der Waals surface area contributed by atoms with Gasteiger partial charge in [-0.1, -0.05) is 0 Å². The molecule has 0 bridgehead atoms. The van der Waals surface area contributed by atoms with E-state index in [0.717, 1.165) is 6.42 Å². The molecular weight excluding hydrogens is 300 g/mol. The molecule has 1 aromatic rings. The zero-order chi connectivity index (χ0) is 16.2. The molecule has 0 radical (unpaired) electrons. The highest BCUT2D eigenvalue weighted by atomic mass is 16.5. The van der Waals surface area contributed by atoms with Crippen molar-refractivity contribution in [1.82, 2.24) is 10.2 Å². The molecule has 0 unspecified atom stereocenters. The van der Waals surface area contributed by atoms with Crippen LogP contribution in [0.4, 0.5) is 0 Å². The second-order valence-electron chi connectivity index (χ2n) is 6.00. The summed E-state index contributed by atoms with van der Waals surface area (Å²) in [6.07, 6.45) is 2.37. The third kappa shape index (κ3) is 3.56. The predicted molar refractivity (Wildman–Crippen MR) is 80.3 cm³/mol. The molecule has 1 aromatic heterocycles. The summed E-state index contributed by atoms with van der Waals surface area (Å²) in [5, 5.41) is 2.90. The second kappa shape index (κ2) is 7.14. The van der Waals surface area contributed by atoms with Crippen LogP contribution in [-0.4, -0.2) is 56.2 Å². The van der Waals surface area contributed by atoms with Crippen molar-refractivity contribution in [1.29, 1.82) is 0 Å². The summed E-state index contributed by atoms with van der Waals surface area (Å²) >= 11 is 0. The predicted octanol–water partition coefficient (Wildman–Crippen LogP) is 0.406. The lowest BCUT2D eigenvalue weighted by atomic mass is 9.82. The average Bonchev–Trinajstić information content (AvgIpc) is 3.22. The molecule has 0 aliphatic carbocycles. The van der Waals surface area contributed by atoms with Gasteiger partial charge in [-0.15, -0.1) is 0 Å². The SMILES string of the molecule is COCC(=O)N1C[C@H]2OCC[C@H]2[C@H](C(=O)NCc2ccco2)C1. The lowest BCUT2D eigenvalue weighted by molar-refractivity contribution is -0.144. The Labute approximate surface area is 134 Å².